The van der Waals surface area contributed by atoms with E-state index in [2.05, 4.69) is 47.6 Å². The van der Waals surface area contributed by atoms with Crippen LogP contribution in [0.2, 0.25) is 0 Å². The Morgan fingerprint density at radius 2 is 1.86 bits per heavy atom. The van der Waals surface area contributed by atoms with E-state index in [9.17, 15) is 0 Å². The van der Waals surface area contributed by atoms with E-state index in [4.69, 9.17) is 9.72 Å². The van der Waals surface area contributed by atoms with Crippen LogP contribution >= 0.6 is 11.3 Å². The Kier molecular flexibility index (Phi) is 5.20. The number of aromatic amines is 2. The van der Waals surface area contributed by atoms with Crippen molar-refractivity contribution in [3.05, 3.63) is 60.5 Å². The van der Waals surface area contributed by atoms with Crippen LogP contribution in [0.25, 0.3) is 55.3 Å². The molecule has 0 atom stereocenters. The molecule has 6 heterocycles. The van der Waals surface area contributed by atoms with Crippen molar-refractivity contribution in [2.24, 2.45) is 0 Å². The molecule has 0 bridgehead atoms. The van der Waals surface area contributed by atoms with Gasteiger partial charge in [-0.15, -0.1) is 11.3 Å². The molecule has 9 heteroatoms. The minimum atomic E-state index is 0.276. The maximum absolute atomic E-state index is 6.24. The molecule has 0 saturated heterocycles. The fourth-order valence-corrected chi connectivity index (χ4v) is 5.66. The minimum absolute atomic E-state index is 0.276. The predicted molar refractivity (Wildman–Crippen MR) is 141 cm³/mol. The Hall–Kier alpha value is -4.11. The van der Waals surface area contributed by atoms with Crippen molar-refractivity contribution in [1.82, 2.24) is 35.1 Å². The maximum Gasteiger partial charge on any atom is 0.161 e. The van der Waals surface area contributed by atoms with Crippen LogP contribution in [0.3, 0.4) is 0 Å². The summed E-state index contributed by atoms with van der Waals surface area (Å²) < 4.78 is 6.24. The summed E-state index contributed by atoms with van der Waals surface area (Å²) in [7, 11) is 0. The largest absolute Gasteiger partial charge is 0.489 e. The average Bonchev–Trinajstić information content (AvgIpc) is 3.68. The third-order valence-corrected chi connectivity index (χ3v) is 7.62. The number of nitrogens with zero attached hydrogens (tertiary/aromatic N) is 5. The predicted octanol–water partition coefficient (Wildman–Crippen LogP) is 6.40. The van der Waals surface area contributed by atoms with Gasteiger partial charge >= 0.3 is 0 Å². The van der Waals surface area contributed by atoms with Crippen molar-refractivity contribution in [2.75, 3.05) is 0 Å². The topological polar surface area (TPSA) is 105 Å². The molecular formula is C27H23N7OS. The number of rotatable bonds is 5. The first-order valence-electron chi connectivity index (χ1n) is 12.2. The van der Waals surface area contributed by atoms with E-state index in [1.54, 1.807) is 23.7 Å². The molecule has 0 radical (unpaired) electrons. The normalized spacial score (nSPS) is 14.6. The molecule has 0 aliphatic heterocycles. The molecule has 0 amide bonds. The van der Waals surface area contributed by atoms with Crippen molar-refractivity contribution in [3.8, 4) is 38.8 Å². The summed E-state index contributed by atoms with van der Waals surface area (Å²) in [5, 5.41) is 10.5. The van der Waals surface area contributed by atoms with Gasteiger partial charge in [0.05, 0.1) is 17.7 Å². The first kappa shape index (κ1) is 21.2. The number of pyridine rings is 3. The van der Waals surface area contributed by atoms with E-state index < -0.39 is 0 Å². The Balaban J connectivity index is 1.26. The molecule has 0 spiro atoms. The van der Waals surface area contributed by atoms with Crippen LogP contribution in [-0.4, -0.2) is 41.2 Å². The number of H-pyrrole nitrogens is 2. The lowest BCUT2D eigenvalue weighted by Gasteiger charge is -2.23. The van der Waals surface area contributed by atoms with Gasteiger partial charge in [-0.1, -0.05) is 12.5 Å². The van der Waals surface area contributed by atoms with Crippen molar-refractivity contribution < 1.29 is 4.74 Å². The van der Waals surface area contributed by atoms with Gasteiger partial charge in [-0.25, -0.2) is 15.0 Å². The zero-order valence-electron chi connectivity index (χ0n) is 19.4. The van der Waals surface area contributed by atoms with Gasteiger partial charge in [-0.3, -0.25) is 10.1 Å². The van der Waals surface area contributed by atoms with Crippen LogP contribution in [0, 0.1) is 0 Å². The molecule has 0 unspecified atom stereocenters. The number of ether oxygens (including phenoxy) is 1. The van der Waals surface area contributed by atoms with Gasteiger partial charge in [0.1, 0.15) is 17.0 Å². The van der Waals surface area contributed by atoms with Gasteiger partial charge in [0.25, 0.3) is 0 Å². The fourth-order valence-electron chi connectivity index (χ4n) is 4.91. The smallest absolute Gasteiger partial charge is 0.161 e. The summed E-state index contributed by atoms with van der Waals surface area (Å²) >= 11 is 1.68. The lowest BCUT2D eigenvalue weighted by Crippen LogP contribution is -2.19. The molecule has 0 aromatic carbocycles. The van der Waals surface area contributed by atoms with Crippen LogP contribution in [0.15, 0.2) is 60.5 Å². The lowest BCUT2D eigenvalue weighted by atomic mass is 9.98. The molecular weight excluding hydrogens is 470 g/mol. The highest BCUT2D eigenvalue weighted by Gasteiger charge is 2.18. The molecule has 7 rings (SSSR count). The van der Waals surface area contributed by atoms with E-state index >= 15 is 0 Å². The van der Waals surface area contributed by atoms with Crippen molar-refractivity contribution in [1.29, 1.82) is 0 Å². The second-order valence-electron chi connectivity index (χ2n) is 9.10. The molecule has 6 aromatic heterocycles. The summed E-state index contributed by atoms with van der Waals surface area (Å²) in [6.07, 6.45) is 13.5. The molecule has 1 fully saturated rings. The second kappa shape index (κ2) is 8.83. The Bertz CT molecular complexity index is 1660. The van der Waals surface area contributed by atoms with Gasteiger partial charge in [-0.2, -0.15) is 5.10 Å². The molecule has 6 aromatic rings. The van der Waals surface area contributed by atoms with Crippen molar-refractivity contribution in [3.63, 3.8) is 0 Å². The highest BCUT2D eigenvalue weighted by molar-refractivity contribution is 7.13. The van der Waals surface area contributed by atoms with E-state index in [-0.39, 0.29) is 6.10 Å². The number of aromatic nitrogens is 7. The second-order valence-corrected chi connectivity index (χ2v) is 10.0. The summed E-state index contributed by atoms with van der Waals surface area (Å²) in [5.41, 5.74) is 5.91. The minimum Gasteiger partial charge on any atom is -0.489 e. The summed E-state index contributed by atoms with van der Waals surface area (Å²) in [6.45, 7) is 0. The highest BCUT2D eigenvalue weighted by Crippen LogP contribution is 2.34. The van der Waals surface area contributed by atoms with Gasteiger partial charge in [0.2, 0.25) is 0 Å². The first-order chi connectivity index (χ1) is 17.8. The number of hydrogen-bond acceptors (Lipinski definition) is 7. The van der Waals surface area contributed by atoms with Crippen LogP contribution in [0.5, 0.6) is 5.75 Å². The van der Waals surface area contributed by atoms with E-state index in [1.807, 2.05) is 30.6 Å². The molecule has 36 heavy (non-hydrogen) atoms. The SMILES string of the molecule is c1csc(-c2ccnc3[nH]c(-c4n[nH]c5ncc(-c6cncc(OC7CCCCC7)c6)cc45)nc23)c1. The first-order valence-corrected chi connectivity index (χ1v) is 13.0. The number of thiophene rings is 1. The molecule has 8 nitrogen and oxygen atoms in total. The molecule has 1 aliphatic carbocycles. The van der Waals surface area contributed by atoms with Crippen LogP contribution in [0.1, 0.15) is 32.1 Å². The van der Waals surface area contributed by atoms with E-state index in [0.29, 0.717) is 17.2 Å². The molecule has 1 aliphatic rings. The Morgan fingerprint density at radius 1 is 0.944 bits per heavy atom. The number of imidazole rings is 1. The fraction of sp³-hybridized carbons (Fsp3) is 0.222. The standard InChI is InChI=1S/C27H23N7OS/c1-2-5-18(6-3-1)35-19-11-16(13-28-15-19)17-12-21-24(33-34-25(21)30-14-17)27-31-23-20(22-7-4-10-36-22)8-9-29-26(23)32-27/h4,7-15,18H,1-3,5-6H2,(H,29,31,32)(H,30,33,34). The van der Waals surface area contributed by atoms with Crippen LogP contribution in [0.4, 0.5) is 0 Å². The van der Waals surface area contributed by atoms with Gasteiger partial charge < -0.3 is 9.72 Å². The highest BCUT2D eigenvalue weighted by atomic mass is 32.1. The Labute approximate surface area is 210 Å². The lowest BCUT2D eigenvalue weighted by molar-refractivity contribution is 0.154. The molecule has 2 N–H and O–H groups in total. The van der Waals surface area contributed by atoms with Crippen LogP contribution in [-0.2, 0) is 0 Å². The number of fused-ring (bicyclic) bond motifs is 2. The number of nitrogens with one attached hydrogen (secondary N) is 2. The maximum atomic E-state index is 6.24. The monoisotopic (exact) mass is 493 g/mol. The van der Waals surface area contributed by atoms with Gasteiger partial charge in [-0.05, 0) is 55.3 Å². The van der Waals surface area contributed by atoms with Crippen molar-refractivity contribution >= 4 is 33.5 Å². The van der Waals surface area contributed by atoms with Gasteiger partial charge in [0, 0.05) is 40.2 Å². The third kappa shape index (κ3) is 3.81. The summed E-state index contributed by atoms with van der Waals surface area (Å²) in [5.74, 6) is 1.45. The van der Waals surface area contributed by atoms with Crippen LogP contribution < -0.4 is 4.74 Å². The molecule has 1 saturated carbocycles. The average molecular weight is 494 g/mol. The van der Waals surface area contributed by atoms with E-state index in [1.165, 1.54) is 19.3 Å². The zero-order chi connectivity index (χ0) is 23.9. The zero-order valence-corrected chi connectivity index (χ0v) is 20.3. The molecule has 178 valence electrons. The third-order valence-electron chi connectivity index (χ3n) is 6.71. The van der Waals surface area contributed by atoms with Gasteiger partial charge in [0.15, 0.2) is 17.1 Å². The summed E-state index contributed by atoms with van der Waals surface area (Å²) in [4.78, 5) is 22.9. The Morgan fingerprint density at radius 3 is 2.75 bits per heavy atom. The quantitative estimate of drug-likeness (QED) is 0.288. The van der Waals surface area contributed by atoms with E-state index in [0.717, 1.165) is 56.7 Å². The number of hydrogen-bond donors (Lipinski definition) is 2. The van der Waals surface area contributed by atoms with Crippen molar-refractivity contribution in [2.45, 2.75) is 38.2 Å². The summed E-state index contributed by atoms with van der Waals surface area (Å²) in [6, 6.07) is 10.2.